The van der Waals surface area contributed by atoms with Gasteiger partial charge in [-0.3, -0.25) is 4.57 Å². The van der Waals surface area contributed by atoms with Crippen LogP contribution >= 0.6 is 0 Å². The molecule has 1 aliphatic heterocycles. The largest absolute Gasteiger partial charge is 0.476 e. The molecule has 9 heteroatoms. The summed E-state index contributed by atoms with van der Waals surface area (Å²) in [5.41, 5.74) is 2.56. The van der Waals surface area contributed by atoms with Crippen molar-refractivity contribution >= 4 is 11.2 Å². The van der Waals surface area contributed by atoms with Crippen LogP contribution in [0.2, 0.25) is 0 Å². The first-order valence-corrected chi connectivity index (χ1v) is 9.04. The number of alkyl halides is 1. The number of halogens is 1. The molecule has 2 aromatic heterocycles. The molecule has 0 radical (unpaired) electrons. The predicted molar refractivity (Wildman–Crippen MR) is 97.4 cm³/mol. The van der Waals surface area contributed by atoms with Crippen LogP contribution in [-0.2, 0) is 17.8 Å². The number of aromatic nitrogens is 4. The molecule has 0 unspecified atom stereocenters. The summed E-state index contributed by atoms with van der Waals surface area (Å²) in [6.45, 7) is 1.58. The highest BCUT2D eigenvalue weighted by Gasteiger charge is 2.42. The van der Waals surface area contributed by atoms with E-state index in [9.17, 15) is 14.6 Å². The van der Waals surface area contributed by atoms with Crippen LogP contribution in [0.5, 0.6) is 5.88 Å². The Morgan fingerprint density at radius 2 is 1.86 bits per heavy atom. The molecule has 2 N–H and O–H groups in total. The Morgan fingerprint density at radius 1 is 1.11 bits per heavy atom. The third kappa shape index (κ3) is 3.44. The van der Waals surface area contributed by atoms with Gasteiger partial charge in [-0.2, -0.15) is 4.98 Å². The molecule has 0 bridgehead atoms. The molecule has 3 heterocycles. The van der Waals surface area contributed by atoms with Crippen LogP contribution in [0.3, 0.4) is 0 Å². The van der Waals surface area contributed by atoms with E-state index in [1.807, 2.05) is 12.1 Å². The van der Waals surface area contributed by atoms with Gasteiger partial charge in [0.25, 0.3) is 0 Å². The van der Waals surface area contributed by atoms with Gasteiger partial charge in [0.2, 0.25) is 5.88 Å². The summed E-state index contributed by atoms with van der Waals surface area (Å²) in [6.07, 6.45) is 0.119. The van der Waals surface area contributed by atoms with Gasteiger partial charge in [0.15, 0.2) is 17.4 Å². The van der Waals surface area contributed by atoms with E-state index in [-0.39, 0.29) is 0 Å². The van der Waals surface area contributed by atoms with Gasteiger partial charge in [-0.05, 0) is 18.1 Å². The number of aliphatic hydroxyl groups excluding tert-OH is 2. The Balaban J connectivity index is 1.49. The van der Waals surface area contributed by atoms with Crippen LogP contribution in [-0.4, -0.2) is 54.7 Å². The van der Waals surface area contributed by atoms with Crippen molar-refractivity contribution in [3.63, 3.8) is 0 Å². The van der Waals surface area contributed by atoms with Gasteiger partial charge in [-0.15, -0.1) is 0 Å². The number of nitrogens with zero attached hydrogens (tertiary/aromatic N) is 4. The summed E-state index contributed by atoms with van der Waals surface area (Å²) in [4.78, 5) is 12.7. The van der Waals surface area contributed by atoms with E-state index in [0.29, 0.717) is 35.6 Å². The predicted octanol–water partition coefficient (Wildman–Crippen LogP) is 1.56. The highest BCUT2D eigenvalue weighted by Crippen LogP contribution is 2.32. The average molecular weight is 388 g/mol. The molecule has 1 aliphatic rings. The highest BCUT2D eigenvalue weighted by atomic mass is 19.1. The summed E-state index contributed by atoms with van der Waals surface area (Å²) in [6, 6.07) is 7.24. The lowest BCUT2D eigenvalue weighted by molar-refractivity contribution is -0.0299. The first kappa shape index (κ1) is 18.7. The van der Waals surface area contributed by atoms with Crippen molar-refractivity contribution in [3.05, 3.63) is 48.0 Å². The van der Waals surface area contributed by atoms with Gasteiger partial charge in [-0.1, -0.05) is 24.3 Å². The molecule has 0 saturated carbocycles. The van der Waals surface area contributed by atoms with Crippen molar-refractivity contribution in [1.29, 1.82) is 0 Å². The molecule has 4 atom stereocenters. The quantitative estimate of drug-likeness (QED) is 0.661. The number of fused-ring (bicyclic) bond motifs is 1. The number of hydrogen-bond donors (Lipinski definition) is 2. The minimum atomic E-state index is -1.08. The molecule has 0 aliphatic carbocycles. The molecule has 1 fully saturated rings. The van der Waals surface area contributed by atoms with Crippen LogP contribution in [0.4, 0.5) is 4.39 Å². The molecule has 28 heavy (non-hydrogen) atoms. The van der Waals surface area contributed by atoms with Crippen LogP contribution in [0.15, 0.2) is 36.9 Å². The molecule has 8 nitrogen and oxygen atoms in total. The van der Waals surface area contributed by atoms with Crippen LogP contribution in [0.25, 0.3) is 11.2 Å². The van der Waals surface area contributed by atoms with E-state index in [1.54, 1.807) is 23.6 Å². The zero-order valence-corrected chi connectivity index (χ0v) is 15.3. The number of imidazole rings is 1. The van der Waals surface area contributed by atoms with E-state index >= 15 is 0 Å². The molecule has 148 valence electrons. The summed E-state index contributed by atoms with van der Waals surface area (Å²) in [5.74, 6) is 0.324. The van der Waals surface area contributed by atoms with Crippen molar-refractivity contribution in [2.45, 2.75) is 44.6 Å². The van der Waals surface area contributed by atoms with Crippen molar-refractivity contribution in [1.82, 2.24) is 19.5 Å². The molecule has 4 rings (SSSR count). The maximum atomic E-state index is 12.6. The molecular formula is C19H21FN4O4. The lowest BCUT2D eigenvalue weighted by Crippen LogP contribution is -2.30. The Hall–Kier alpha value is -2.62. The smallest absolute Gasteiger partial charge is 0.245 e. The fourth-order valence-corrected chi connectivity index (χ4v) is 3.24. The first-order valence-electron chi connectivity index (χ1n) is 9.04. The van der Waals surface area contributed by atoms with Crippen molar-refractivity contribution in [3.8, 4) is 5.88 Å². The summed E-state index contributed by atoms with van der Waals surface area (Å²) in [5, 5.41) is 20.1. The first-order chi connectivity index (χ1) is 13.6. The average Bonchev–Trinajstić information content (AvgIpc) is 3.25. The third-order valence-corrected chi connectivity index (χ3v) is 4.88. The van der Waals surface area contributed by atoms with Gasteiger partial charge >= 0.3 is 0 Å². The van der Waals surface area contributed by atoms with Crippen molar-refractivity contribution in [2.24, 2.45) is 0 Å². The Kier molecular flexibility index (Phi) is 5.21. The monoisotopic (exact) mass is 388 g/mol. The Bertz CT molecular complexity index is 949. The molecule has 0 spiro atoms. The normalized spacial score (nSPS) is 24.7. The van der Waals surface area contributed by atoms with Crippen molar-refractivity contribution < 1.29 is 24.1 Å². The standard InChI is InChI=1S/C19H21FN4O4/c1-11-15(25)16(26)19(28-11)24-10-23-14-17(24)21-9-22-18(14)27-7-6-12-2-4-13(8-20)5-3-12/h2-5,9-11,15-16,19,25-26H,6-8H2,1H3/t11-,15-,16-,19-/m1/s1. The molecular weight excluding hydrogens is 367 g/mol. The van der Waals surface area contributed by atoms with Gasteiger partial charge in [0.05, 0.1) is 19.0 Å². The van der Waals surface area contributed by atoms with Gasteiger partial charge < -0.3 is 19.7 Å². The highest BCUT2D eigenvalue weighted by molar-refractivity contribution is 5.76. The van der Waals surface area contributed by atoms with Gasteiger partial charge in [0.1, 0.15) is 25.2 Å². The second-order valence-corrected chi connectivity index (χ2v) is 6.76. The fraction of sp³-hybridized carbons (Fsp3) is 0.421. The topological polar surface area (TPSA) is 103 Å². The van der Waals surface area contributed by atoms with Crippen molar-refractivity contribution in [2.75, 3.05) is 6.61 Å². The number of ether oxygens (including phenoxy) is 2. The second kappa shape index (κ2) is 7.78. The van der Waals surface area contributed by atoms with E-state index < -0.39 is 31.2 Å². The Labute approximate surface area is 160 Å². The molecule has 3 aromatic rings. The number of rotatable bonds is 6. The maximum absolute atomic E-state index is 12.6. The van der Waals surface area contributed by atoms with Crippen LogP contribution in [0, 0.1) is 0 Å². The lowest BCUT2D eigenvalue weighted by atomic mass is 10.1. The molecule has 0 amide bonds. The third-order valence-electron chi connectivity index (χ3n) is 4.88. The summed E-state index contributed by atoms with van der Waals surface area (Å²) >= 11 is 0. The van der Waals surface area contributed by atoms with Gasteiger partial charge in [0, 0.05) is 6.42 Å². The van der Waals surface area contributed by atoms with E-state index in [2.05, 4.69) is 15.0 Å². The van der Waals surface area contributed by atoms with E-state index in [0.717, 1.165) is 5.56 Å². The second-order valence-electron chi connectivity index (χ2n) is 6.76. The minimum Gasteiger partial charge on any atom is -0.476 e. The SMILES string of the molecule is C[C@H]1O[C@@H](n2cnc3c(OCCc4ccc(CF)cc4)ncnc32)[C@H](O)[C@@H]1O. The number of aliphatic hydroxyl groups is 2. The van der Waals surface area contributed by atoms with Crippen LogP contribution in [0.1, 0.15) is 24.3 Å². The van der Waals surface area contributed by atoms with E-state index in [4.69, 9.17) is 9.47 Å². The summed E-state index contributed by atoms with van der Waals surface area (Å²) < 4.78 is 25.5. The fourth-order valence-electron chi connectivity index (χ4n) is 3.24. The number of benzene rings is 1. The molecule has 1 saturated heterocycles. The zero-order valence-electron chi connectivity index (χ0n) is 15.3. The zero-order chi connectivity index (χ0) is 19.7. The maximum Gasteiger partial charge on any atom is 0.245 e. The number of hydrogen-bond acceptors (Lipinski definition) is 7. The summed E-state index contributed by atoms with van der Waals surface area (Å²) in [7, 11) is 0. The lowest BCUT2D eigenvalue weighted by Gasteiger charge is -2.16. The molecule has 1 aromatic carbocycles. The minimum absolute atomic E-state index is 0.324. The van der Waals surface area contributed by atoms with Crippen LogP contribution < -0.4 is 4.74 Å². The Morgan fingerprint density at radius 3 is 2.54 bits per heavy atom. The van der Waals surface area contributed by atoms with Gasteiger partial charge in [-0.25, -0.2) is 14.4 Å². The van der Waals surface area contributed by atoms with E-state index in [1.165, 1.54) is 12.7 Å².